The highest BCUT2D eigenvalue weighted by atomic mass is 16.6. The maximum Gasteiger partial charge on any atom is 0.410 e. The van der Waals surface area contributed by atoms with Gasteiger partial charge in [0.25, 0.3) is 5.56 Å². The van der Waals surface area contributed by atoms with E-state index in [-0.39, 0.29) is 53.7 Å². The Hall–Kier alpha value is -2.43. The van der Waals surface area contributed by atoms with Crippen LogP contribution in [0.1, 0.15) is 86.4 Å². The molecule has 3 aliphatic rings. The number of amides is 2. The number of hydrogen-bond donors (Lipinski definition) is 0. The van der Waals surface area contributed by atoms with Crippen molar-refractivity contribution in [3.05, 3.63) is 27.7 Å². The Balaban J connectivity index is 1.62. The number of anilines is 1. The van der Waals surface area contributed by atoms with Crippen molar-refractivity contribution in [2.45, 2.75) is 117 Å². The molecule has 2 amide bonds. The number of fused-ring (bicyclic) bond motifs is 1. The van der Waals surface area contributed by atoms with Crippen LogP contribution in [0.25, 0.3) is 0 Å². The van der Waals surface area contributed by atoms with Crippen LogP contribution in [0.15, 0.2) is 10.9 Å². The van der Waals surface area contributed by atoms with Crippen molar-refractivity contribution in [2.24, 2.45) is 7.05 Å². The van der Waals surface area contributed by atoms with Gasteiger partial charge in [-0.25, -0.2) is 4.79 Å². The van der Waals surface area contributed by atoms with Gasteiger partial charge in [-0.3, -0.25) is 19.4 Å². The first-order chi connectivity index (χ1) is 20.0. The summed E-state index contributed by atoms with van der Waals surface area (Å²) in [5, 5.41) is 0. The Morgan fingerprint density at radius 2 is 1.72 bits per heavy atom. The third-order valence-corrected chi connectivity index (χ3v) is 9.25. The minimum absolute atomic E-state index is 0.0258. The molecule has 10 nitrogen and oxygen atoms in total. The Bertz CT molecular complexity index is 1230. The average Bonchev–Trinajstić information content (AvgIpc) is 3.17. The molecule has 4 heterocycles. The number of carbonyl (C=O) groups excluding carboxylic acids is 2. The number of morpholine rings is 1. The second-order valence-corrected chi connectivity index (χ2v) is 14.7. The molecular formula is C33H55N5O5. The number of ether oxygens (including phenoxy) is 2. The zero-order chi connectivity index (χ0) is 31.9. The number of nitrogens with zero attached hydrogens (tertiary/aromatic N) is 5. The van der Waals surface area contributed by atoms with E-state index in [9.17, 15) is 14.4 Å². The summed E-state index contributed by atoms with van der Waals surface area (Å²) in [6, 6.07) is 2.29. The predicted octanol–water partition coefficient (Wildman–Crippen LogP) is 3.77. The lowest BCUT2D eigenvalue weighted by Crippen LogP contribution is -2.65. The Kier molecular flexibility index (Phi) is 10.0. The van der Waals surface area contributed by atoms with Crippen LogP contribution < -0.4 is 10.5 Å². The number of unbranched alkanes of at least 4 members (excludes halogenated alkanes) is 1. The summed E-state index contributed by atoms with van der Waals surface area (Å²) in [5.74, 6) is 0.0258. The lowest BCUT2D eigenvalue weighted by Gasteiger charge is -2.48. The van der Waals surface area contributed by atoms with Crippen LogP contribution in [0.5, 0.6) is 0 Å². The van der Waals surface area contributed by atoms with Gasteiger partial charge in [-0.2, -0.15) is 0 Å². The number of hydrogen-bond acceptors (Lipinski definition) is 7. The van der Waals surface area contributed by atoms with E-state index in [1.807, 2.05) is 50.6 Å². The van der Waals surface area contributed by atoms with Gasteiger partial charge in [0.15, 0.2) is 0 Å². The maximum atomic E-state index is 14.2. The number of piperazine rings is 1. The molecule has 1 aromatic heterocycles. The van der Waals surface area contributed by atoms with Crippen LogP contribution >= 0.6 is 0 Å². The minimum Gasteiger partial charge on any atom is -0.444 e. The van der Waals surface area contributed by atoms with Crippen LogP contribution in [0.2, 0.25) is 0 Å². The summed E-state index contributed by atoms with van der Waals surface area (Å²) in [4.78, 5) is 49.1. The molecule has 1 aromatic rings. The van der Waals surface area contributed by atoms with Crippen molar-refractivity contribution in [2.75, 3.05) is 50.8 Å². The van der Waals surface area contributed by atoms with Gasteiger partial charge in [-0.1, -0.05) is 27.2 Å². The van der Waals surface area contributed by atoms with Gasteiger partial charge < -0.3 is 23.8 Å². The first kappa shape index (κ1) is 33.5. The van der Waals surface area contributed by atoms with E-state index in [0.717, 1.165) is 36.3 Å². The van der Waals surface area contributed by atoms with Crippen LogP contribution in [0.4, 0.5) is 10.5 Å². The number of carbonyl (C=O) groups is 2. The monoisotopic (exact) mass is 601 g/mol. The van der Waals surface area contributed by atoms with Gasteiger partial charge in [-0.05, 0) is 60.5 Å². The number of rotatable bonds is 7. The molecule has 0 aliphatic carbocycles. The smallest absolute Gasteiger partial charge is 0.410 e. The highest BCUT2D eigenvalue weighted by Gasteiger charge is 2.44. The average molecular weight is 602 g/mol. The van der Waals surface area contributed by atoms with E-state index in [4.69, 9.17) is 9.47 Å². The van der Waals surface area contributed by atoms with E-state index in [2.05, 4.69) is 44.4 Å². The molecule has 0 bridgehead atoms. The first-order valence-corrected chi connectivity index (χ1v) is 16.1. The summed E-state index contributed by atoms with van der Waals surface area (Å²) >= 11 is 0. The van der Waals surface area contributed by atoms with Gasteiger partial charge in [0.05, 0.1) is 31.1 Å². The minimum atomic E-state index is -0.585. The quantitative estimate of drug-likeness (QED) is 0.470. The van der Waals surface area contributed by atoms with Crippen molar-refractivity contribution < 1.29 is 19.1 Å². The Morgan fingerprint density at radius 3 is 2.33 bits per heavy atom. The van der Waals surface area contributed by atoms with Crippen molar-refractivity contribution in [1.82, 2.24) is 19.3 Å². The Labute approximate surface area is 258 Å². The van der Waals surface area contributed by atoms with Crippen LogP contribution in [-0.2, 0) is 33.2 Å². The highest BCUT2D eigenvalue weighted by molar-refractivity contribution is 5.97. The maximum absolute atomic E-state index is 14.2. The molecule has 43 heavy (non-hydrogen) atoms. The molecule has 0 aromatic carbocycles. The zero-order valence-corrected chi connectivity index (χ0v) is 28.2. The van der Waals surface area contributed by atoms with Crippen molar-refractivity contribution in [3.63, 3.8) is 0 Å². The molecular weight excluding hydrogens is 546 g/mol. The van der Waals surface area contributed by atoms with Gasteiger partial charge in [0.2, 0.25) is 5.91 Å². The summed E-state index contributed by atoms with van der Waals surface area (Å²) < 4.78 is 13.3. The molecule has 10 heteroatoms. The molecule has 4 rings (SSSR count). The molecule has 0 N–H and O–H groups in total. The molecule has 0 spiro atoms. The van der Waals surface area contributed by atoms with E-state index >= 15 is 0 Å². The van der Waals surface area contributed by atoms with Gasteiger partial charge in [-0.15, -0.1) is 0 Å². The summed E-state index contributed by atoms with van der Waals surface area (Å²) in [6.45, 7) is 22.3. The third-order valence-electron chi connectivity index (χ3n) is 9.25. The van der Waals surface area contributed by atoms with Crippen LogP contribution in [0, 0.1) is 0 Å². The molecule has 3 aliphatic heterocycles. The molecule has 4 atom stereocenters. The fourth-order valence-corrected chi connectivity index (χ4v) is 7.06. The van der Waals surface area contributed by atoms with Crippen LogP contribution in [-0.4, -0.2) is 107 Å². The Morgan fingerprint density at radius 1 is 1.07 bits per heavy atom. The largest absolute Gasteiger partial charge is 0.444 e. The van der Waals surface area contributed by atoms with Crippen molar-refractivity contribution in [1.29, 1.82) is 0 Å². The van der Waals surface area contributed by atoms with E-state index in [0.29, 0.717) is 39.3 Å². The number of pyridine rings is 1. The molecule has 0 unspecified atom stereocenters. The number of aromatic nitrogens is 1. The summed E-state index contributed by atoms with van der Waals surface area (Å²) in [7, 11) is 1.84. The standard InChI is InChI=1S/C33H55N5O5/c1-11-12-13-25-14-27-29(34(10)30(25)40)33(8,9)21-38(27)28(39)18-35-15-22(2)37(31(41)43-32(5,6)7)17-26(35)16-36-23(3)19-42-20-24(36)4/h14,22-24,26H,11-13,15-21H2,1-10H3/t22-,23-,24-,26+/m1/s1. The lowest BCUT2D eigenvalue weighted by atomic mass is 9.90. The van der Waals surface area contributed by atoms with Crippen molar-refractivity contribution in [3.8, 4) is 0 Å². The number of aryl methyl sites for hydroxylation is 1. The second-order valence-electron chi connectivity index (χ2n) is 14.7. The molecule has 0 radical (unpaired) electrons. The fraction of sp³-hybridized carbons (Fsp3) is 0.788. The highest BCUT2D eigenvalue weighted by Crippen LogP contribution is 2.40. The summed E-state index contributed by atoms with van der Waals surface area (Å²) in [5.41, 5.74) is 1.65. The normalized spacial score (nSPS) is 26.5. The van der Waals surface area contributed by atoms with E-state index in [1.165, 1.54) is 0 Å². The zero-order valence-electron chi connectivity index (χ0n) is 28.2. The topological polar surface area (TPSA) is 87.6 Å². The molecule has 0 saturated carbocycles. The van der Waals surface area contributed by atoms with Gasteiger partial charge >= 0.3 is 6.09 Å². The summed E-state index contributed by atoms with van der Waals surface area (Å²) in [6.07, 6.45) is 2.34. The van der Waals surface area contributed by atoms with E-state index < -0.39 is 5.60 Å². The van der Waals surface area contributed by atoms with Crippen molar-refractivity contribution >= 4 is 17.7 Å². The fourth-order valence-electron chi connectivity index (χ4n) is 7.06. The van der Waals surface area contributed by atoms with Gasteiger partial charge in [0, 0.05) is 68.4 Å². The predicted molar refractivity (Wildman–Crippen MR) is 170 cm³/mol. The molecule has 2 saturated heterocycles. The van der Waals surface area contributed by atoms with Gasteiger partial charge in [0.1, 0.15) is 5.60 Å². The first-order valence-electron chi connectivity index (χ1n) is 16.1. The molecule has 242 valence electrons. The van der Waals surface area contributed by atoms with Crippen LogP contribution in [0.3, 0.4) is 0 Å². The van der Waals surface area contributed by atoms with E-state index in [1.54, 1.807) is 4.57 Å². The lowest BCUT2D eigenvalue weighted by molar-refractivity contribution is -0.122. The molecule has 2 fully saturated rings. The SMILES string of the molecule is CCCCc1cc2c(n(C)c1=O)C(C)(C)CN2C(=O)CN1C[C@@H](C)N(C(=O)OC(C)(C)C)C[C@@H]1CN1[C@H](C)COC[C@H]1C. The second kappa shape index (κ2) is 12.9. The third kappa shape index (κ3) is 7.28.